The van der Waals surface area contributed by atoms with E-state index in [4.69, 9.17) is 9.47 Å². The molecular weight excluding hydrogens is 322 g/mol. The lowest BCUT2D eigenvalue weighted by molar-refractivity contribution is 0.0499. The Morgan fingerprint density at radius 2 is 1.80 bits per heavy atom. The van der Waals surface area contributed by atoms with E-state index in [9.17, 15) is 9.59 Å². The SMILES string of the molecule is O=C(Nc1ccncc1)OC1CCC(COC(=O)N2CCCC2)CC1. The molecule has 1 aliphatic carbocycles. The van der Waals surface area contributed by atoms with Crippen LogP contribution in [0, 0.1) is 5.92 Å². The van der Waals surface area contributed by atoms with Crippen LogP contribution in [0.4, 0.5) is 15.3 Å². The molecule has 1 saturated heterocycles. The van der Waals surface area contributed by atoms with Crippen molar-refractivity contribution in [1.29, 1.82) is 0 Å². The molecule has 136 valence electrons. The van der Waals surface area contributed by atoms with Gasteiger partial charge >= 0.3 is 12.2 Å². The minimum absolute atomic E-state index is 0.0765. The van der Waals surface area contributed by atoms with Crippen molar-refractivity contribution in [2.24, 2.45) is 5.92 Å². The van der Waals surface area contributed by atoms with Gasteiger partial charge in [0, 0.05) is 31.2 Å². The summed E-state index contributed by atoms with van der Waals surface area (Å²) in [5, 5.41) is 2.70. The lowest BCUT2D eigenvalue weighted by Gasteiger charge is -2.28. The van der Waals surface area contributed by atoms with Crippen molar-refractivity contribution >= 4 is 17.9 Å². The first-order chi connectivity index (χ1) is 12.2. The van der Waals surface area contributed by atoms with Crippen LogP contribution in [-0.4, -0.2) is 47.9 Å². The fourth-order valence-corrected chi connectivity index (χ4v) is 3.33. The standard InChI is InChI=1S/C18H25N3O4/c22-17(20-15-7-9-19-10-8-15)25-16-5-3-14(4-6-16)13-24-18(23)21-11-1-2-12-21/h7-10,14,16H,1-6,11-13H2,(H,19,20,22). The third-order valence-corrected chi connectivity index (χ3v) is 4.80. The Bertz CT molecular complexity index is 567. The van der Waals surface area contributed by atoms with Crippen molar-refractivity contribution in [1.82, 2.24) is 9.88 Å². The van der Waals surface area contributed by atoms with Crippen molar-refractivity contribution < 1.29 is 19.1 Å². The number of hydrogen-bond acceptors (Lipinski definition) is 5. The highest BCUT2D eigenvalue weighted by atomic mass is 16.6. The summed E-state index contributed by atoms with van der Waals surface area (Å²) in [4.78, 5) is 29.5. The minimum atomic E-state index is -0.435. The smallest absolute Gasteiger partial charge is 0.411 e. The zero-order valence-electron chi connectivity index (χ0n) is 14.4. The molecule has 0 radical (unpaired) electrons. The van der Waals surface area contributed by atoms with Gasteiger partial charge in [0.25, 0.3) is 0 Å². The summed E-state index contributed by atoms with van der Waals surface area (Å²) in [5.74, 6) is 0.356. The first-order valence-electron chi connectivity index (χ1n) is 9.00. The summed E-state index contributed by atoms with van der Waals surface area (Å²) in [5.41, 5.74) is 0.669. The average Bonchev–Trinajstić information content (AvgIpc) is 3.16. The number of anilines is 1. The van der Waals surface area contributed by atoms with Crippen molar-refractivity contribution in [2.45, 2.75) is 44.6 Å². The van der Waals surface area contributed by atoms with E-state index < -0.39 is 6.09 Å². The molecule has 7 nitrogen and oxygen atoms in total. The zero-order chi connectivity index (χ0) is 17.5. The molecule has 0 spiro atoms. The van der Waals surface area contributed by atoms with Gasteiger partial charge in [-0.1, -0.05) is 0 Å². The van der Waals surface area contributed by atoms with Gasteiger partial charge in [0.05, 0.1) is 6.61 Å². The zero-order valence-corrected chi connectivity index (χ0v) is 14.4. The van der Waals surface area contributed by atoms with Gasteiger partial charge in [0.2, 0.25) is 0 Å². The number of likely N-dealkylation sites (tertiary alicyclic amines) is 1. The highest BCUT2D eigenvalue weighted by molar-refractivity contribution is 5.84. The number of nitrogens with one attached hydrogen (secondary N) is 1. The van der Waals surface area contributed by atoms with Crippen molar-refractivity contribution in [3.8, 4) is 0 Å². The number of carbonyl (C=O) groups is 2. The summed E-state index contributed by atoms with van der Waals surface area (Å²) in [7, 11) is 0. The van der Waals surface area contributed by atoms with Crippen LogP contribution in [0.2, 0.25) is 0 Å². The Balaban J connectivity index is 1.33. The molecule has 2 amide bonds. The van der Waals surface area contributed by atoms with Gasteiger partial charge in [0.15, 0.2) is 0 Å². The summed E-state index contributed by atoms with van der Waals surface area (Å²) >= 11 is 0. The van der Waals surface area contributed by atoms with Gasteiger partial charge < -0.3 is 14.4 Å². The second-order valence-electron chi connectivity index (χ2n) is 6.68. The van der Waals surface area contributed by atoms with Crippen LogP contribution in [0.5, 0.6) is 0 Å². The highest BCUT2D eigenvalue weighted by Gasteiger charge is 2.26. The van der Waals surface area contributed by atoms with E-state index in [0.29, 0.717) is 18.2 Å². The Kier molecular flexibility index (Phi) is 6.09. The quantitative estimate of drug-likeness (QED) is 0.902. The number of amides is 2. The Morgan fingerprint density at radius 3 is 2.48 bits per heavy atom. The van der Waals surface area contributed by atoms with Gasteiger partial charge in [-0.3, -0.25) is 10.3 Å². The molecule has 1 aliphatic heterocycles. The normalized spacial score (nSPS) is 23.1. The molecule has 1 aromatic rings. The maximum atomic E-state index is 11.9. The van der Waals surface area contributed by atoms with Crippen LogP contribution in [0.15, 0.2) is 24.5 Å². The summed E-state index contributed by atoms with van der Waals surface area (Å²) in [6, 6.07) is 3.43. The lowest BCUT2D eigenvalue weighted by atomic mass is 9.88. The number of ether oxygens (including phenoxy) is 2. The summed E-state index contributed by atoms with van der Waals surface area (Å²) < 4.78 is 10.9. The molecule has 0 unspecified atom stereocenters. The van der Waals surface area contributed by atoms with Gasteiger partial charge in [-0.2, -0.15) is 0 Å². The van der Waals surface area contributed by atoms with Crippen LogP contribution in [0.1, 0.15) is 38.5 Å². The largest absolute Gasteiger partial charge is 0.449 e. The highest BCUT2D eigenvalue weighted by Crippen LogP contribution is 2.27. The molecule has 0 aromatic carbocycles. The fraction of sp³-hybridized carbons (Fsp3) is 0.611. The van der Waals surface area contributed by atoms with Gasteiger partial charge in [-0.25, -0.2) is 9.59 Å². The van der Waals surface area contributed by atoms with Gasteiger partial charge in [0.1, 0.15) is 6.10 Å². The monoisotopic (exact) mass is 347 g/mol. The Labute approximate surface area is 147 Å². The third-order valence-electron chi connectivity index (χ3n) is 4.80. The molecule has 25 heavy (non-hydrogen) atoms. The summed E-state index contributed by atoms with van der Waals surface area (Å²) in [6.45, 7) is 2.09. The van der Waals surface area contributed by atoms with E-state index in [-0.39, 0.29) is 12.2 Å². The van der Waals surface area contributed by atoms with Crippen molar-refractivity contribution in [3.05, 3.63) is 24.5 Å². The number of nitrogens with zero attached hydrogens (tertiary/aromatic N) is 2. The fourth-order valence-electron chi connectivity index (χ4n) is 3.33. The molecular formula is C18H25N3O4. The van der Waals surface area contributed by atoms with Gasteiger partial charge in [-0.05, 0) is 56.6 Å². The topological polar surface area (TPSA) is 80.8 Å². The van der Waals surface area contributed by atoms with Crippen LogP contribution in [-0.2, 0) is 9.47 Å². The maximum absolute atomic E-state index is 11.9. The average molecular weight is 347 g/mol. The minimum Gasteiger partial charge on any atom is -0.449 e. The second-order valence-corrected chi connectivity index (χ2v) is 6.68. The van der Waals surface area contributed by atoms with E-state index in [1.54, 1.807) is 29.4 Å². The van der Waals surface area contributed by atoms with Crippen molar-refractivity contribution in [2.75, 3.05) is 25.0 Å². The van der Waals surface area contributed by atoms with Crippen LogP contribution < -0.4 is 5.32 Å². The number of pyridine rings is 1. The molecule has 7 heteroatoms. The van der Waals surface area contributed by atoms with Crippen LogP contribution in [0.3, 0.4) is 0 Å². The molecule has 2 aliphatic rings. The molecule has 1 aromatic heterocycles. The number of aromatic nitrogens is 1. The Morgan fingerprint density at radius 1 is 1.12 bits per heavy atom. The van der Waals surface area contributed by atoms with E-state index in [0.717, 1.165) is 51.6 Å². The maximum Gasteiger partial charge on any atom is 0.411 e. The molecule has 0 atom stereocenters. The lowest BCUT2D eigenvalue weighted by Crippen LogP contribution is -2.32. The molecule has 1 saturated carbocycles. The first-order valence-corrected chi connectivity index (χ1v) is 9.00. The summed E-state index contributed by atoms with van der Waals surface area (Å²) in [6.07, 6.45) is 8.08. The number of carbonyl (C=O) groups excluding carboxylic acids is 2. The van der Waals surface area contributed by atoms with Crippen LogP contribution >= 0.6 is 0 Å². The third kappa shape index (κ3) is 5.34. The predicted molar refractivity (Wildman–Crippen MR) is 92.2 cm³/mol. The van der Waals surface area contributed by atoms with E-state index in [2.05, 4.69) is 10.3 Å². The second kappa shape index (κ2) is 8.69. The van der Waals surface area contributed by atoms with E-state index >= 15 is 0 Å². The van der Waals surface area contributed by atoms with E-state index in [1.165, 1.54) is 0 Å². The Hall–Kier alpha value is -2.31. The van der Waals surface area contributed by atoms with E-state index in [1.807, 2.05) is 0 Å². The number of rotatable bonds is 4. The first kappa shape index (κ1) is 17.5. The number of hydrogen-bond donors (Lipinski definition) is 1. The molecule has 3 rings (SSSR count). The van der Waals surface area contributed by atoms with Gasteiger partial charge in [-0.15, -0.1) is 0 Å². The van der Waals surface area contributed by atoms with Crippen molar-refractivity contribution in [3.63, 3.8) is 0 Å². The molecule has 1 N–H and O–H groups in total. The molecule has 2 heterocycles. The molecule has 2 fully saturated rings. The van der Waals surface area contributed by atoms with Crippen LogP contribution in [0.25, 0.3) is 0 Å². The predicted octanol–water partition coefficient (Wildman–Crippen LogP) is 3.42. The molecule has 0 bridgehead atoms.